The Morgan fingerprint density at radius 1 is 1.07 bits per heavy atom. The lowest BCUT2D eigenvalue weighted by atomic mass is 10.2. The average Bonchev–Trinajstić information content (AvgIpc) is 3.40. The molecule has 8 heteroatoms. The zero-order valence-corrected chi connectivity index (χ0v) is 16.1. The molecule has 1 N–H and O–H groups in total. The maximum absolute atomic E-state index is 5.51. The summed E-state index contributed by atoms with van der Waals surface area (Å²) in [5, 5.41) is 21.8. The van der Waals surface area contributed by atoms with Gasteiger partial charge in [0.25, 0.3) is 0 Å². The van der Waals surface area contributed by atoms with E-state index in [9.17, 15) is 0 Å². The van der Waals surface area contributed by atoms with Crippen molar-refractivity contribution in [3.63, 3.8) is 0 Å². The number of nitrogens with zero attached hydrogens (tertiary/aromatic N) is 6. The maximum Gasteiger partial charge on any atom is 0.207 e. The van der Waals surface area contributed by atoms with Gasteiger partial charge in [-0.25, -0.2) is 0 Å². The summed E-state index contributed by atoms with van der Waals surface area (Å²) in [5.74, 6) is 1.82. The summed E-state index contributed by atoms with van der Waals surface area (Å²) in [6.45, 7) is 5.97. The Kier molecular flexibility index (Phi) is 5.77. The Hall–Kier alpha value is -3.00. The molecule has 8 nitrogen and oxygen atoms in total. The molecule has 0 radical (unpaired) electrons. The van der Waals surface area contributed by atoms with Gasteiger partial charge in [-0.05, 0) is 41.9 Å². The Morgan fingerprint density at radius 2 is 1.93 bits per heavy atom. The van der Waals surface area contributed by atoms with Crippen molar-refractivity contribution in [2.45, 2.75) is 32.7 Å². The molecule has 146 valence electrons. The second-order valence-corrected chi connectivity index (χ2v) is 6.88. The van der Waals surface area contributed by atoms with E-state index in [0.29, 0.717) is 5.65 Å². The number of aromatic nitrogens is 5. The molecule has 0 saturated heterocycles. The van der Waals surface area contributed by atoms with Crippen LogP contribution in [-0.4, -0.2) is 49.8 Å². The molecule has 28 heavy (non-hydrogen) atoms. The van der Waals surface area contributed by atoms with E-state index in [0.717, 1.165) is 55.0 Å². The minimum atomic E-state index is 0.672. The summed E-state index contributed by atoms with van der Waals surface area (Å²) in [5.41, 5.74) is 0.672. The molecule has 0 aliphatic carbocycles. The number of unbranched alkanes of at least 4 members (excludes halogenated alkanes) is 1. The van der Waals surface area contributed by atoms with Crippen LogP contribution in [0.3, 0.4) is 0 Å². The van der Waals surface area contributed by atoms with Gasteiger partial charge in [-0.2, -0.15) is 0 Å². The molecule has 0 aliphatic heterocycles. The van der Waals surface area contributed by atoms with E-state index in [1.807, 2.05) is 36.4 Å². The standard InChI is InChI=1S/C20H25N7O/c1-2-3-12-26(15-16-8-6-14-28-16)13-7-11-21-19-17-9-4-5-10-18(17)20-22-24-25-27(20)23-19/h4-6,8-10,14H,2-3,7,11-13,15H2,1H3,(H,21,23). The lowest BCUT2D eigenvalue weighted by Crippen LogP contribution is -2.27. The SMILES string of the molecule is CCCCN(CCCNc1nn2nnnc2c2ccccc12)Cc1ccco1. The summed E-state index contributed by atoms with van der Waals surface area (Å²) in [6.07, 6.45) is 5.12. The van der Waals surface area contributed by atoms with E-state index in [4.69, 9.17) is 4.42 Å². The van der Waals surface area contributed by atoms with Crippen LogP contribution in [0.1, 0.15) is 31.9 Å². The first-order valence-electron chi connectivity index (χ1n) is 9.81. The van der Waals surface area contributed by atoms with Gasteiger partial charge in [0.15, 0.2) is 5.82 Å². The monoisotopic (exact) mass is 379 g/mol. The van der Waals surface area contributed by atoms with Crippen LogP contribution in [0.4, 0.5) is 5.82 Å². The Labute approximate surface area is 163 Å². The number of fused-ring (bicyclic) bond motifs is 3. The molecule has 4 rings (SSSR count). The van der Waals surface area contributed by atoms with Gasteiger partial charge < -0.3 is 9.73 Å². The lowest BCUT2D eigenvalue weighted by Gasteiger charge is -2.21. The number of hydrogen-bond donors (Lipinski definition) is 1. The van der Waals surface area contributed by atoms with Gasteiger partial charge >= 0.3 is 0 Å². The third kappa shape index (κ3) is 4.12. The fourth-order valence-electron chi connectivity index (χ4n) is 3.36. The highest BCUT2D eigenvalue weighted by molar-refractivity contribution is 5.99. The van der Waals surface area contributed by atoms with Gasteiger partial charge in [0, 0.05) is 23.9 Å². The molecule has 0 saturated carbocycles. The van der Waals surface area contributed by atoms with Gasteiger partial charge in [-0.15, -0.1) is 14.8 Å². The highest BCUT2D eigenvalue weighted by atomic mass is 16.3. The van der Waals surface area contributed by atoms with E-state index in [1.54, 1.807) is 6.26 Å². The number of anilines is 1. The topological polar surface area (TPSA) is 84.4 Å². The van der Waals surface area contributed by atoms with Crippen LogP contribution < -0.4 is 5.32 Å². The first-order valence-corrected chi connectivity index (χ1v) is 9.81. The average molecular weight is 379 g/mol. The first kappa shape index (κ1) is 18.4. The van der Waals surface area contributed by atoms with E-state index in [1.165, 1.54) is 17.5 Å². The third-order valence-corrected chi connectivity index (χ3v) is 4.80. The highest BCUT2D eigenvalue weighted by Gasteiger charge is 2.11. The molecule has 4 aromatic rings. The molecule has 3 aromatic heterocycles. The summed E-state index contributed by atoms with van der Waals surface area (Å²) in [7, 11) is 0. The molecular formula is C20H25N7O. The molecular weight excluding hydrogens is 354 g/mol. The number of tetrazole rings is 1. The molecule has 0 amide bonds. The predicted molar refractivity (Wildman–Crippen MR) is 108 cm³/mol. The molecule has 3 heterocycles. The van der Waals surface area contributed by atoms with Crippen LogP contribution in [0.25, 0.3) is 16.4 Å². The number of hydrogen-bond acceptors (Lipinski definition) is 7. The fraction of sp³-hybridized carbons (Fsp3) is 0.400. The van der Waals surface area contributed by atoms with E-state index in [-0.39, 0.29) is 0 Å². The lowest BCUT2D eigenvalue weighted by molar-refractivity contribution is 0.239. The molecule has 1 aromatic carbocycles. The van der Waals surface area contributed by atoms with E-state index < -0.39 is 0 Å². The van der Waals surface area contributed by atoms with Crippen molar-refractivity contribution in [1.82, 2.24) is 30.2 Å². The number of rotatable bonds is 10. The number of benzene rings is 1. The van der Waals surface area contributed by atoms with Gasteiger partial charge in [-0.1, -0.05) is 37.6 Å². The van der Waals surface area contributed by atoms with Crippen LogP contribution in [-0.2, 0) is 6.54 Å². The number of furan rings is 1. The molecule has 0 atom stereocenters. The van der Waals surface area contributed by atoms with Crippen LogP contribution in [0, 0.1) is 0 Å². The minimum Gasteiger partial charge on any atom is -0.468 e. The Morgan fingerprint density at radius 3 is 2.75 bits per heavy atom. The Bertz CT molecular complexity index is 1010. The van der Waals surface area contributed by atoms with Crippen molar-refractivity contribution in [3.8, 4) is 0 Å². The van der Waals surface area contributed by atoms with Gasteiger partial charge in [0.05, 0.1) is 12.8 Å². The summed E-state index contributed by atoms with van der Waals surface area (Å²) in [4.78, 5) is 2.44. The largest absolute Gasteiger partial charge is 0.468 e. The van der Waals surface area contributed by atoms with Crippen molar-refractivity contribution >= 4 is 22.2 Å². The molecule has 0 bridgehead atoms. The summed E-state index contributed by atoms with van der Waals surface area (Å²) < 4.78 is 6.99. The third-order valence-electron chi connectivity index (χ3n) is 4.80. The minimum absolute atomic E-state index is 0.672. The highest BCUT2D eigenvalue weighted by Crippen LogP contribution is 2.23. The summed E-state index contributed by atoms with van der Waals surface area (Å²) >= 11 is 0. The van der Waals surface area contributed by atoms with Crippen LogP contribution in [0.2, 0.25) is 0 Å². The smallest absolute Gasteiger partial charge is 0.207 e. The summed E-state index contributed by atoms with van der Waals surface area (Å²) in [6, 6.07) is 12.0. The maximum atomic E-state index is 5.51. The van der Waals surface area contributed by atoms with Crippen molar-refractivity contribution < 1.29 is 4.42 Å². The van der Waals surface area contributed by atoms with Crippen molar-refractivity contribution in [1.29, 1.82) is 0 Å². The van der Waals surface area contributed by atoms with Gasteiger partial charge in [0.1, 0.15) is 5.76 Å². The van der Waals surface area contributed by atoms with Gasteiger partial charge in [-0.3, -0.25) is 4.90 Å². The van der Waals surface area contributed by atoms with Crippen molar-refractivity contribution in [2.75, 3.05) is 25.0 Å². The molecule has 0 fully saturated rings. The second-order valence-electron chi connectivity index (χ2n) is 6.88. The predicted octanol–water partition coefficient (Wildman–Crippen LogP) is 3.37. The fourth-order valence-corrected chi connectivity index (χ4v) is 3.36. The molecule has 0 unspecified atom stereocenters. The Balaban J connectivity index is 1.39. The van der Waals surface area contributed by atoms with E-state index >= 15 is 0 Å². The van der Waals surface area contributed by atoms with E-state index in [2.05, 4.69) is 37.8 Å². The molecule has 0 aliphatic rings. The van der Waals surface area contributed by atoms with Crippen molar-refractivity contribution in [2.24, 2.45) is 0 Å². The first-order chi connectivity index (χ1) is 13.8. The quantitative estimate of drug-likeness (QED) is 0.423. The zero-order chi connectivity index (χ0) is 19.2. The van der Waals surface area contributed by atoms with Crippen LogP contribution in [0.5, 0.6) is 0 Å². The van der Waals surface area contributed by atoms with Crippen LogP contribution >= 0.6 is 0 Å². The van der Waals surface area contributed by atoms with Crippen molar-refractivity contribution in [3.05, 3.63) is 48.4 Å². The second kappa shape index (κ2) is 8.79. The normalized spacial score (nSPS) is 11.6. The zero-order valence-electron chi connectivity index (χ0n) is 16.1. The van der Waals surface area contributed by atoms with Crippen LogP contribution in [0.15, 0.2) is 47.1 Å². The number of nitrogens with one attached hydrogen (secondary N) is 1. The molecule has 0 spiro atoms. The van der Waals surface area contributed by atoms with Gasteiger partial charge in [0.2, 0.25) is 5.65 Å².